The lowest BCUT2D eigenvalue weighted by atomic mass is 10.2. The van der Waals surface area contributed by atoms with Crippen LogP contribution in [0.15, 0.2) is 42.7 Å². The third-order valence-corrected chi connectivity index (χ3v) is 2.80. The Morgan fingerprint density at radius 1 is 1.38 bits per heavy atom. The molecule has 4 N–H and O–H groups in total. The van der Waals surface area contributed by atoms with Crippen molar-refractivity contribution in [2.45, 2.75) is 6.54 Å². The zero-order chi connectivity index (χ0) is 15.2. The smallest absolute Gasteiger partial charge is 0.269 e. The van der Waals surface area contributed by atoms with Crippen LogP contribution in [0.4, 0.5) is 11.4 Å². The Hall–Kier alpha value is -3.00. The Balaban J connectivity index is 2.07. The van der Waals surface area contributed by atoms with Crippen LogP contribution in [0.5, 0.6) is 0 Å². The number of pyridine rings is 1. The number of nitrogens with one attached hydrogen (secondary N) is 2. The van der Waals surface area contributed by atoms with Gasteiger partial charge in [0.2, 0.25) is 0 Å². The first-order chi connectivity index (χ1) is 10.1. The van der Waals surface area contributed by atoms with Crippen LogP contribution >= 0.6 is 0 Å². The molecule has 0 saturated carbocycles. The summed E-state index contributed by atoms with van der Waals surface area (Å²) in [5.41, 5.74) is 3.76. The van der Waals surface area contributed by atoms with Crippen LogP contribution in [0.25, 0.3) is 0 Å². The lowest BCUT2D eigenvalue weighted by Gasteiger charge is -2.09. The molecule has 0 spiro atoms. The van der Waals surface area contributed by atoms with Crippen molar-refractivity contribution in [1.29, 1.82) is 0 Å². The van der Waals surface area contributed by atoms with Gasteiger partial charge in [0.25, 0.3) is 11.6 Å². The minimum atomic E-state index is -0.483. The second-order valence-corrected chi connectivity index (χ2v) is 4.18. The van der Waals surface area contributed by atoms with E-state index < -0.39 is 4.92 Å². The van der Waals surface area contributed by atoms with Crippen molar-refractivity contribution < 1.29 is 9.72 Å². The molecule has 8 nitrogen and oxygen atoms in total. The van der Waals surface area contributed by atoms with Gasteiger partial charge in [-0.05, 0) is 11.6 Å². The Labute approximate surface area is 120 Å². The van der Waals surface area contributed by atoms with Crippen LogP contribution in [-0.2, 0) is 6.54 Å². The standard InChI is InChI=1S/C13H13N5O3/c14-17-12-4-5-15-8-11(12)13(19)16-7-9-2-1-3-10(6-9)18(20)21/h1-6,8H,7,14H2,(H,15,17)(H,16,19). The summed E-state index contributed by atoms with van der Waals surface area (Å²) in [6.07, 6.45) is 2.89. The van der Waals surface area contributed by atoms with Crippen LogP contribution in [0, 0.1) is 10.1 Å². The molecule has 1 aromatic carbocycles. The number of amides is 1. The first kappa shape index (κ1) is 14.4. The molecule has 0 unspecified atom stereocenters. The molecular weight excluding hydrogens is 274 g/mol. The SMILES string of the molecule is NNc1ccncc1C(=O)NCc1cccc([N+](=O)[O-])c1. The number of nitro benzene ring substituents is 1. The summed E-state index contributed by atoms with van der Waals surface area (Å²) in [4.78, 5) is 26.1. The van der Waals surface area contributed by atoms with Gasteiger partial charge in [-0.1, -0.05) is 12.1 Å². The van der Waals surface area contributed by atoms with Crippen molar-refractivity contribution in [3.05, 3.63) is 64.0 Å². The lowest BCUT2D eigenvalue weighted by Crippen LogP contribution is -2.25. The van der Waals surface area contributed by atoms with E-state index in [9.17, 15) is 14.9 Å². The minimum absolute atomic E-state index is 0.0209. The van der Waals surface area contributed by atoms with Gasteiger partial charge in [0.05, 0.1) is 16.2 Å². The maximum Gasteiger partial charge on any atom is 0.269 e. The molecule has 0 bridgehead atoms. The van der Waals surface area contributed by atoms with Crippen molar-refractivity contribution in [3.8, 4) is 0 Å². The van der Waals surface area contributed by atoms with Gasteiger partial charge in [0, 0.05) is 31.1 Å². The number of hydrazine groups is 1. The number of nitrogens with zero attached hydrogens (tertiary/aromatic N) is 2. The van der Waals surface area contributed by atoms with E-state index in [0.29, 0.717) is 16.8 Å². The van der Waals surface area contributed by atoms with Crippen LogP contribution in [0.3, 0.4) is 0 Å². The van der Waals surface area contributed by atoms with Gasteiger partial charge in [0.1, 0.15) is 0 Å². The molecule has 2 aromatic rings. The molecule has 108 valence electrons. The summed E-state index contributed by atoms with van der Waals surface area (Å²) in [6.45, 7) is 0.166. The summed E-state index contributed by atoms with van der Waals surface area (Å²) >= 11 is 0. The number of benzene rings is 1. The van der Waals surface area contributed by atoms with Crippen molar-refractivity contribution in [2.75, 3.05) is 5.43 Å². The number of carbonyl (C=O) groups excluding carboxylic acids is 1. The maximum absolute atomic E-state index is 12.0. The number of aromatic nitrogens is 1. The van der Waals surface area contributed by atoms with E-state index in [4.69, 9.17) is 5.84 Å². The summed E-state index contributed by atoms with van der Waals surface area (Å²) < 4.78 is 0. The molecule has 0 aliphatic carbocycles. The second kappa shape index (κ2) is 6.44. The minimum Gasteiger partial charge on any atom is -0.348 e. The second-order valence-electron chi connectivity index (χ2n) is 4.18. The lowest BCUT2D eigenvalue weighted by molar-refractivity contribution is -0.384. The van der Waals surface area contributed by atoms with Gasteiger partial charge >= 0.3 is 0 Å². The number of anilines is 1. The Morgan fingerprint density at radius 3 is 2.90 bits per heavy atom. The highest BCUT2D eigenvalue weighted by molar-refractivity contribution is 5.99. The van der Waals surface area contributed by atoms with Crippen molar-refractivity contribution in [1.82, 2.24) is 10.3 Å². The van der Waals surface area contributed by atoms with Crippen molar-refractivity contribution >= 4 is 17.3 Å². The van der Waals surface area contributed by atoms with Gasteiger partial charge in [-0.2, -0.15) is 0 Å². The molecule has 0 fully saturated rings. The molecule has 2 rings (SSSR count). The fourth-order valence-electron chi connectivity index (χ4n) is 1.76. The number of hydrogen-bond acceptors (Lipinski definition) is 6. The number of carbonyl (C=O) groups is 1. The van der Waals surface area contributed by atoms with Gasteiger partial charge in [-0.3, -0.25) is 25.7 Å². The summed E-state index contributed by atoms with van der Waals surface area (Å²) in [5.74, 6) is 4.94. The van der Waals surface area contributed by atoms with Crippen molar-refractivity contribution in [3.63, 3.8) is 0 Å². The number of nitrogens with two attached hydrogens (primary N) is 1. The predicted molar refractivity (Wildman–Crippen MR) is 76.3 cm³/mol. The fourth-order valence-corrected chi connectivity index (χ4v) is 1.76. The van der Waals surface area contributed by atoms with Crippen LogP contribution in [-0.4, -0.2) is 15.8 Å². The number of rotatable bonds is 5. The number of non-ortho nitro benzene ring substituents is 1. The number of hydrogen-bond donors (Lipinski definition) is 3. The average Bonchev–Trinajstić information content (AvgIpc) is 2.52. The Morgan fingerprint density at radius 2 is 2.19 bits per heavy atom. The predicted octanol–water partition coefficient (Wildman–Crippen LogP) is 1.21. The van der Waals surface area contributed by atoms with E-state index in [1.165, 1.54) is 24.5 Å². The largest absolute Gasteiger partial charge is 0.348 e. The van der Waals surface area contributed by atoms with Gasteiger partial charge in [-0.15, -0.1) is 0 Å². The molecule has 0 atom stereocenters. The maximum atomic E-state index is 12.0. The average molecular weight is 287 g/mol. The summed E-state index contributed by atoms with van der Waals surface area (Å²) in [6, 6.07) is 7.63. The fraction of sp³-hybridized carbons (Fsp3) is 0.0769. The van der Waals surface area contributed by atoms with Crippen molar-refractivity contribution in [2.24, 2.45) is 5.84 Å². The summed E-state index contributed by atoms with van der Waals surface area (Å²) in [7, 11) is 0. The highest BCUT2D eigenvalue weighted by atomic mass is 16.6. The topological polar surface area (TPSA) is 123 Å². The van der Waals surface area contributed by atoms with Gasteiger partial charge in [-0.25, -0.2) is 0 Å². The molecule has 0 aliphatic heterocycles. The van der Waals surface area contributed by atoms with Crippen LogP contribution < -0.4 is 16.6 Å². The van der Waals surface area contributed by atoms with E-state index in [0.717, 1.165) is 0 Å². The normalized spacial score (nSPS) is 9.95. The highest BCUT2D eigenvalue weighted by Gasteiger charge is 2.11. The van der Waals surface area contributed by atoms with Crippen LogP contribution in [0.2, 0.25) is 0 Å². The highest BCUT2D eigenvalue weighted by Crippen LogP contribution is 2.14. The number of nitrogen functional groups attached to an aromatic ring is 1. The molecule has 0 aliphatic rings. The van der Waals surface area contributed by atoms with Crippen LogP contribution in [0.1, 0.15) is 15.9 Å². The van der Waals surface area contributed by atoms with Gasteiger partial charge in [0.15, 0.2) is 0 Å². The van der Waals surface area contributed by atoms with E-state index >= 15 is 0 Å². The monoisotopic (exact) mass is 287 g/mol. The first-order valence-corrected chi connectivity index (χ1v) is 6.04. The molecular formula is C13H13N5O3. The molecule has 0 radical (unpaired) electrons. The number of nitro groups is 1. The Kier molecular flexibility index (Phi) is 4.42. The third kappa shape index (κ3) is 3.51. The van der Waals surface area contributed by atoms with Gasteiger partial charge < -0.3 is 10.7 Å². The van der Waals surface area contributed by atoms with E-state index in [-0.39, 0.29) is 18.1 Å². The molecule has 8 heteroatoms. The van der Waals surface area contributed by atoms with E-state index in [1.54, 1.807) is 18.2 Å². The van der Waals surface area contributed by atoms with E-state index in [1.807, 2.05) is 0 Å². The zero-order valence-electron chi connectivity index (χ0n) is 10.9. The molecule has 0 saturated heterocycles. The first-order valence-electron chi connectivity index (χ1n) is 6.04. The molecule has 1 heterocycles. The quantitative estimate of drug-likeness (QED) is 0.431. The molecule has 21 heavy (non-hydrogen) atoms. The molecule has 1 amide bonds. The van der Waals surface area contributed by atoms with E-state index in [2.05, 4.69) is 15.7 Å². The molecule has 1 aromatic heterocycles. The summed E-state index contributed by atoms with van der Waals surface area (Å²) in [5, 5.41) is 13.3. The zero-order valence-corrected chi connectivity index (χ0v) is 10.9. The Bertz CT molecular complexity index is 674. The third-order valence-electron chi connectivity index (χ3n) is 2.80.